The van der Waals surface area contributed by atoms with Crippen molar-refractivity contribution in [2.45, 2.75) is 30.8 Å². The summed E-state index contributed by atoms with van der Waals surface area (Å²) in [4.78, 5) is 4.23. The third-order valence-corrected chi connectivity index (χ3v) is 5.61. The Bertz CT molecular complexity index is 1030. The number of aliphatic hydroxyl groups is 1. The lowest BCUT2D eigenvalue weighted by molar-refractivity contribution is 0.103. The average Bonchev–Trinajstić information content (AvgIpc) is 2.66. The molecule has 0 amide bonds. The molecule has 0 saturated heterocycles. The van der Waals surface area contributed by atoms with Crippen LogP contribution < -0.4 is 0 Å². The van der Waals surface area contributed by atoms with Crippen LogP contribution in [0.1, 0.15) is 17.5 Å². The van der Waals surface area contributed by atoms with Crippen molar-refractivity contribution >= 4 is 21.0 Å². The van der Waals surface area contributed by atoms with E-state index in [1.54, 1.807) is 42.6 Å². The van der Waals surface area contributed by atoms with Gasteiger partial charge in [0.1, 0.15) is 5.75 Å². The summed E-state index contributed by atoms with van der Waals surface area (Å²) in [6.45, 7) is 1.52. The topological polar surface area (TPSA) is 96.7 Å². The van der Waals surface area contributed by atoms with Crippen molar-refractivity contribution in [2.24, 2.45) is 0 Å². The van der Waals surface area contributed by atoms with Crippen LogP contribution in [0.5, 0.6) is 5.75 Å². The summed E-state index contributed by atoms with van der Waals surface area (Å²) in [6.07, 6.45) is 1.31. The standard InChI is InChI=1S/C20H21NO5S/c1-14-4-9-17(10-5-14)27(24,25)26-13-16(22)8-6-15-7-11-19-18(20(15)23)3-2-12-21-19/h2-5,7,9-12,16,22-23H,6,8,13H2,1H3. The van der Waals surface area contributed by atoms with Crippen LogP contribution in [0.25, 0.3) is 10.9 Å². The Labute approximate surface area is 158 Å². The first-order valence-electron chi connectivity index (χ1n) is 8.56. The highest BCUT2D eigenvalue weighted by Crippen LogP contribution is 2.28. The van der Waals surface area contributed by atoms with Crippen molar-refractivity contribution in [1.29, 1.82) is 0 Å². The number of pyridine rings is 1. The summed E-state index contributed by atoms with van der Waals surface area (Å²) >= 11 is 0. The van der Waals surface area contributed by atoms with E-state index in [0.29, 0.717) is 22.9 Å². The van der Waals surface area contributed by atoms with E-state index in [1.807, 2.05) is 6.92 Å². The first-order valence-corrected chi connectivity index (χ1v) is 9.97. The molecule has 0 radical (unpaired) electrons. The maximum atomic E-state index is 12.1. The highest BCUT2D eigenvalue weighted by atomic mass is 32.2. The van der Waals surface area contributed by atoms with Crippen LogP contribution >= 0.6 is 0 Å². The van der Waals surface area contributed by atoms with E-state index >= 15 is 0 Å². The monoisotopic (exact) mass is 387 g/mol. The summed E-state index contributed by atoms with van der Waals surface area (Å²) in [7, 11) is -3.91. The van der Waals surface area contributed by atoms with Gasteiger partial charge in [0.2, 0.25) is 0 Å². The van der Waals surface area contributed by atoms with Gasteiger partial charge in [0.05, 0.1) is 23.1 Å². The molecule has 0 aliphatic heterocycles. The number of nitrogens with zero attached hydrogens (tertiary/aromatic N) is 1. The molecule has 1 unspecified atom stereocenters. The second-order valence-corrected chi connectivity index (χ2v) is 8.00. The number of hydrogen-bond donors (Lipinski definition) is 2. The lowest BCUT2D eigenvalue weighted by Gasteiger charge is -2.13. The van der Waals surface area contributed by atoms with Gasteiger partial charge in [-0.25, -0.2) is 0 Å². The number of aromatic hydroxyl groups is 1. The van der Waals surface area contributed by atoms with Crippen molar-refractivity contribution < 1.29 is 22.8 Å². The number of aromatic nitrogens is 1. The molecule has 3 aromatic rings. The molecule has 0 spiro atoms. The largest absolute Gasteiger partial charge is 0.507 e. The molecule has 1 heterocycles. The molecule has 7 heteroatoms. The van der Waals surface area contributed by atoms with Gasteiger partial charge in [-0.15, -0.1) is 0 Å². The third kappa shape index (κ3) is 4.63. The Hall–Kier alpha value is -2.48. The van der Waals surface area contributed by atoms with E-state index in [0.717, 1.165) is 5.56 Å². The first-order chi connectivity index (χ1) is 12.9. The lowest BCUT2D eigenvalue weighted by atomic mass is 10.0. The lowest BCUT2D eigenvalue weighted by Crippen LogP contribution is -2.19. The van der Waals surface area contributed by atoms with Crippen LogP contribution in [0.2, 0.25) is 0 Å². The average molecular weight is 387 g/mol. The number of aryl methyl sites for hydroxylation is 2. The molecular weight excluding hydrogens is 366 g/mol. The van der Waals surface area contributed by atoms with E-state index in [9.17, 15) is 18.6 Å². The van der Waals surface area contributed by atoms with Crippen LogP contribution in [0, 0.1) is 6.92 Å². The Morgan fingerprint density at radius 1 is 1.11 bits per heavy atom. The van der Waals surface area contributed by atoms with E-state index in [1.165, 1.54) is 12.1 Å². The number of phenols is 1. The maximum absolute atomic E-state index is 12.1. The minimum atomic E-state index is -3.91. The third-order valence-electron chi connectivity index (χ3n) is 4.31. The molecule has 0 fully saturated rings. The van der Waals surface area contributed by atoms with E-state index in [2.05, 4.69) is 4.98 Å². The quantitative estimate of drug-likeness (QED) is 0.605. The predicted molar refractivity (Wildman–Crippen MR) is 102 cm³/mol. The molecule has 1 aromatic heterocycles. The van der Waals surface area contributed by atoms with Gasteiger partial charge >= 0.3 is 0 Å². The molecule has 2 N–H and O–H groups in total. The van der Waals surface area contributed by atoms with E-state index in [-0.39, 0.29) is 23.7 Å². The summed E-state index contributed by atoms with van der Waals surface area (Å²) in [5, 5.41) is 21.1. The zero-order valence-corrected chi connectivity index (χ0v) is 15.7. The number of hydrogen-bond acceptors (Lipinski definition) is 6. The molecule has 27 heavy (non-hydrogen) atoms. The smallest absolute Gasteiger partial charge is 0.297 e. The van der Waals surface area contributed by atoms with Crippen LogP contribution in [0.15, 0.2) is 59.6 Å². The fourth-order valence-corrected chi connectivity index (χ4v) is 3.67. The molecule has 1 atom stereocenters. The molecular formula is C20H21NO5S. The highest BCUT2D eigenvalue weighted by molar-refractivity contribution is 7.86. The number of aliphatic hydroxyl groups excluding tert-OH is 1. The Kier molecular flexibility index (Phi) is 5.74. The first kappa shape index (κ1) is 19.3. The summed E-state index contributed by atoms with van der Waals surface area (Å²) < 4.78 is 29.2. The number of phenolic OH excluding ortho intramolecular Hbond substituents is 1. The molecule has 142 valence electrons. The SMILES string of the molecule is Cc1ccc(S(=O)(=O)OCC(O)CCc2ccc3ncccc3c2O)cc1. The van der Waals surface area contributed by atoms with Gasteiger partial charge in [0.15, 0.2) is 0 Å². The van der Waals surface area contributed by atoms with Gasteiger partial charge < -0.3 is 10.2 Å². The van der Waals surface area contributed by atoms with Gasteiger partial charge in [-0.2, -0.15) is 8.42 Å². The number of rotatable bonds is 7. The van der Waals surface area contributed by atoms with Crippen molar-refractivity contribution in [2.75, 3.05) is 6.61 Å². The highest BCUT2D eigenvalue weighted by Gasteiger charge is 2.18. The van der Waals surface area contributed by atoms with Gasteiger partial charge in [-0.3, -0.25) is 9.17 Å². The van der Waals surface area contributed by atoms with Gasteiger partial charge in [0, 0.05) is 11.6 Å². The van der Waals surface area contributed by atoms with Crippen molar-refractivity contribution in [3.63, 3.8) is 0 Å². The van der Waals surface area contributed by atoms with Gasteiger partial charge in [-0.05, 0) is 55.7 Å². The van der Waals surface area contributed by atoms with E-state index in [4.69, 9.17) is 4.18 Å². The van der Waals surface area contributed by atoms with E-state index < -0.39 is 16.2 Å². The Morgan fingerprint density at radius 3 is 2.59 bits per heavy atom. The second-order valence-electron chi connectivity index (χ2n) is 6.39. The van der Waals surface area contributed by atoms with Crippen LogP contribution in [0.3, 0.4) is 0 Å². The van der Waals surface area contributed by atoms with Gasteiger partial charge in [0.25, 0.3) is 10.1 Å². The molecule has 3 rings (SSSR count). The molecule has 0 aliphatic carbocycles. The normalized spacial score (nSPS) is 13.0. The zero-order chi connectivity index (χ0) is 19.4. The van der Waals surface area contributed by atoms with Crippen molar-refractivity contribution in [3.05, 3.63) is 65.9 Å². The summed E-state index contributed by atoms with van der Waals surface area (Å²) in [5.41, 5.74) is 2.29. The van der Waals surface area contributed by atoms with Crippen LogP contribution in [-0.2, 0) is 20.7 Å². The maximum Gasteiger partial charge on any atom is 0.297 e. The Morgan fingerprint density at radius 2 is 1.85 bits per heavy atom. The van der Waals surface area contributed by atoms with Crippen LogP contribution in [-0.4, -0.2) is 36.3 Å². The Balaban J connectivity index is 1.59. The van der Waals surface area contributed by atoms with Crippen molar-refractivity contribution in [3.8, 4) is 5.75 Å². The fourth-order valence-electron chi connectivity index (χ4n) is 2.73. The minimum Gasteiger partial charge on any atom is -0.507 e. The van der Waals surface area contributed by atoms with Crippen molar-refractivity contribution in [1.82, 2.24) is 4.98 Å². The molecule has 6 nitrogen and oxygen atoms in total. The molecule has 0 saturated carbocycles. The fraction of sp³-hybridized carbons (Fsp3) is 0.250. The summed E-state index contributed by atoms with van der Waals surface area (Å²) in [6, 6.07) is 13.4. The number of fused-ring (bicyclic) bond motifs is 1. The molecule has 2 aromatic carbocycles. The minimum absolute atomic E-state index is 0.0555. The zero-order valence-electron chi connectivity index (χ0n) is 14.9. The predicted octanol–water partition coefficient (Wildman–Crippen LogP) is 2.95. The summed E-state index contributed by atoms with van der Waals surface area (Å²) in [5.74, 6) is 0.126. The second kappa shape index (κ2) is 8.04. The van der Waals surface area contributed by atoms with Gasteiger partial charge in [-0.1, -0.05) is 23.8 Å². The molecule has 0 aliphatic rings. The van der Waals surface area contributed by atoms with Crippen LogP contribution in [0.4, 0.5) is 0 Å². The molecule has 0 bridgehead atoms. The number of benzene rings is 2.